The minimum atomic E-state index is 0.212. The molecule has 0 amide bonds. The maximum Gasteiger partial charge on any atom is 0.0356 e. The van der Waals surface area contributed by atoms with Gasteiger partial charge in [0.25, 0.3) is 0 Å². The van der Waals surface area contributed by atoms with Crippen molar-refractivity contribution in [3.63, 3.8) is 0 Å². The summed E-state index contributed by atoms with van der Waals surface area (Å²) in [5, 5.41) is 0. The minimum Gasteiger partial charge on any atom is -0.402 e. The third-order valence-electron chi connectivity index (χ3n) is 4.30. The van der Waals surface area contributed by atoms with E-state index in [1.165, 1.54) is 5.56 Å². The van der Waals surface area contributed by atoms with Crippen LogP contribution in [0.3, 0.4) is 0 Å². The zero-order valence-electron chi connectivity index (χ0n) is 13.1. The van der Waals surface area contributed by atoms with Crippen molar-refractivity contribution in [1.82, 2.24) is 9.80 Å². The van der Waals surface area contributed by atoms with E-state index < -0.39 is 0 Å². The van der Waals surface area contributed by atoms with Gasteiger partial charge < -0.3 is 5.73 Å². The summed E-state index contributed by atoms with van der Waals surface area (Å²) in [4.78, 5) is 5.03. The molecule has 2 N–H and O–H groups in total. The fourth-order valence-corrected chi connectivity index (χ4v) is 3.12. The molecule has 1 aliphatic rings. The highest BCUT2D eigenvalue weighted by atomic mass is 79.9. The molecule has 21 heavy (non-hydrogen) atoms. The second-order valence-corrected chi connectivity index (χ2v) is 7.03. The van der Waals surface area contributed by atoms with Gasteiger partial charge >= 0.3 is 0 Å². The normalized spacial score (nSPS) is 18.9. The molecule has 1 aromatic rings. The van der Waals surface area contributed by atoms with E-state index in [0.29, 0.717) is 6.04 Å². The Balaban J connectivity index is 1.98. The lowest BCUT2D eigenvalue weighted by Gasteiger charge is -2.38. The largest absolute Gasteiger partial charge is 0.402 e. The Hall–Kier alpha value is -0.840. The number of benzene rings is 1. The molecule has 2 rings (SSSR count). The Morgan fingerprint density at radius 1 is 1.19 bits per heavy atom. The van der Waals surface area contributed by atoms with Gasteiger partial charge in [-0.3, -0.25) is 9.80 Å². The monoisotopic (exact) mass is 351 g/mol. The Morgan fingerprint density at radius 3 is 2.24 bits per heavy atom. The van der Waals surface area contributed by atoms with Gasteiger partial charge in [0.05, 0.1) is 0 Å². The number of nitrogens with two attached hydrogens (primary N) is 1. The fourth-order valence-electron chi connectivity index (χ4n) is 2.85. The molecule has 1 heterocycles. The predicted octanol–water partition coefficient (Wildman–Crippen LogP) is 3.03. The molecule has 0 aromatic heterocycles. The molecule has 0 bridgehead atoms. The first-order valence-corrected chi connectivity index (χ1v) is 8.43. The van der Waals surface area contributed by atoms with Crippen molar-refractivity contribution < 1.29 is 0 Å². The van der Waals surface area contributed by atoms with Crippen LogP contribution in [-0.4, -0.2) is 48.6 Å². The van der Waals surface area contributed by atoms with Crippen LogP contribution in [0.1, 0.15) is 25.3 Å². The summed E-state index contributed by atoms with van der Waals surface area (Å²) < 4.78 is 1.10. The van der Waals surface area contributed by atoms with Gasteiger partial charge in [-0.15, -0.1) is 0 Å². The first-order chi connectivity index (χ1) is 9.97. The summed E-state index contributed by atoms with van der Waals surface area (Å²) in [7, 11) is 0. The maximum absolute atomic E-state index is 6.06. The van der Waals surface area contributed by atoms with Crippen LogP contribution in [0.25, 0.3) is 0 Å². The summed E-state index contributed by atoms with van der Waals surface area (Å²) in [5.74, 6) is 0.212. The van der Waals surface area contributed by atoms with E-state index in [4.69, 9.17) is 5.73 Å². The molecular formula is C17H26BrN3. The lowest BCUT2D eigenvalue weighted by molar-refractivity contribution is 0.106. The third kappa shape index (κ3) is 4.56. The molecule has 0 saturated carbocycles. The van der Waals surface area contributed by atoms with Crippen LogP contribution in [0, 0.1) is 0 Å². The summed E-state index contributed by atoms with van der Waals surface area (Å²) >= 11 is 3.48. The summed E-state index contributed by atoms with van der Waals surface area (Å²) in [6, 6.07) is 9.05. The van der Waals surface area contributed by atoms with Crippen molar-refractivity contribution in [2.45, 2.75) is 25.8 Å². The van der Waals surface area contributed by atoms with E-state index in [-0.39, 0.29) is 5.92 Å². The Labute approximate surface area is 136 Å². The first kappa shape index (κ1) is 16.5. The Kier molecular flexibility index (Phi) is 5.85. The van der Waals surface area contributed by atoms with Crippen molar-refractivity contribution >= 4 is 15.9 Å². The van der Waals surface area contributed by atoms with Gasteiger partial charge in [0.2, 0.25) is 0 Å². The number of rotatable bonds is 5. The van der Waals surface area contributed by atoms with Gasteiger partial charge in [-0.2, -0.15) is 0 Å². The SMILES string of the molecule is C=C(N)[C@H](CN1CCN(C(C)C)CC1)c1ccc(Br)cc1. The van der Waals surface area contributed by atoms with E-state index in [9.17, 15) is 0 Å². The number of piperazine rings is 1. The quantitative estimate of drug-likeness (QED) is 0.884. The van der Waals surface area contributed by atoms with Crippen LogP contribution in [0.5, 0.6) is 0 Å². The minimum absolute atomic E-state index is 0.212. The lowest BCUT2D eigenvalue weighted by atomic mass is 9.95. The Bertz CT molecular complexity index is 461. The van der Waals surface area contributed by atoms with Gasteiger partial charge in [0.15, 0.2) is 0 Å². The molecule has 0 unspecified atom stereocenters. The summed E-state index contributed by atoms with van der Waals surface area (Å²) in [5.41, 5.74) is 8.06. The van der Waals surface area contributed by atoms with Gasteiger partial charge in [-0.1, -0.05) is 34.6 Å². The number of halogens is 1. The molecule has 3 nitrogen and oxygen atoms in total. The molecule has 1 aromatic carbocycles. The smallest absolute Gasteiger partial charge is 0.0356 e. The Morgan fingerprint density at radius 2 is 1.76 bits per heavy atom. The van der Waals surface area contributed by atoms with E-state index in [0.717, 1.165) is 42.9 Å². The first-order valence-electron chi connectivity index (χ1n) is 7.63. The average Bonchev–Trinajstić information content (AvgIpc) is 2.46. The van der Waals surface area contributed by atoms with Crippen molar-refractivity contribution in [3.05, 3.63) is 46.6 Å². The van der Waals surface area contributed by atoms with Crippen molar-refractivity contribution in [2.75, 3.05) is 32.7 Å². The lowest BCUT2D eigenvalue weighted by Crippen LogP contribution is -2.49. The fraction of sp³-hybridized carbons (Fsp3) is 0.529. The molecule has 0 spiro atoms. The van der Waals surface area contributed by atoms with Crippen LogP contribution in [0.15, 0.2) is 41.0 Å². The standard InChI is InChI=1S/C17H26BrN3/c1-13(2)21-10-8-20(9-11-21)12-17(14(3)19)15-4-6-16(18)7-5-15/h4-7,13,17H,3,8-12,19H2,1-2H3/t17-/m0/s1. The number of hydrogen-bond donors (Lipinski definition) is 1. The van der Waals surface area contributed by atoms with E-state index in [1.54, 1.807) is 0 Å². The van der Waals surface area contributed by atoms with Crippen LogP contribution < -0.4 is 5.73 Å². The highest BCUT2D eigenvalue weighted by Crippen LogP contribution is 2.24. The maximum atomic E-state index is 6.06. The molecule has 1 saturated heterocycles. The molecular weight excluding hydrogens is 326 g/mol. The zero-order chi connectivity index (χ0) is 15.4. The molecule has 1 fully saturated rings. The second kappa shape index (κ2) is 7.43. The molecule has 0 radical (unpaired) electrons. The summed E-state index contributed by atoms with van der Waals surface area (Å²) in [6.07, 6.45) is 0. The van der Waals surface area contributed by atoms with E-state index in [1.807, 2.05) is 0 Å². The highest BCUT2D eigenvalue weighted by Gasteiger charge is 2.22. The molecule has 1 atom stereocenters. The van der Waals surface area contributed by atoms with Crippen molar-refractivity contribution in [3.8, 4) is 0 Å². The van der Waals surface area contributed by atoms with Crippen molar-refractivity contribution in [2.24, 2.45) is 5.73 Å². The van der Waals surface area contributed by atoms with E-state index >= 15 is 0 Å². The van der Waals surface area contributed by atoms with Crippen LogP contribution in [-0.2, 0) is 0 Å². The number of nitrogens with zero attached hydrogens (tertiary/aromatic N) is 2. The zero-order valence-corrected chi connectivity index (χ0v) is 14.6. The number of hydrogen-bond acceptors (Lipinski definition) is 3. The van der Waals surface area contributed by atoms with Crippen LogP contribution >= 0.6 is 15.9 Å². The van der Waals surface area contributed by atoms with Gasteiger partial charge in [-0.05, 0) is 31.5 Å². The highest BCUT2D eigenvalue weighted by molar-refractivity contribution is 9.10. The topological polar surface area (TPSA) is 32.5 Å². The van der Waals surface area contributed by atoms with Gasteiger partial charge in [0, 0.05) is 54.9 Å². The predicted molar refractivity (Wildman–Crippen MR) is 93.4 cm³/mol. The third-order valence-corrected chi connectivity index (χ3v) is 4.83. The molecule has 116 valence electrons. The molecule has 1 aliphatic heterocycles. The summed E-state index contributed by atoms with van der Waals surface area (Å²) in [6.45, 7) is 14.0. The molecule has 4 heteroatoms. The van der Waals surface area contributed by atoms with Crippen LogP contribution in [0.2, 0.25) is 0 Å². The van der Waals surface area contributed by atoms with Gasteiger partial charge in [0.1, 0.15) is 0 Å². The van der Waals surface area contributed by atoms with Crippen molar-refractivity contribution in [1.29, 1.82) is 0 Å². The average molecular weight is 352 g/mol. The van der Waals surface area contributed by atoms with Gasteiger partial charge in [-0.25, -0.2) is 0 Å². The molecule has 0 aliphatic carbocycles. The van der Waals surface area contributed by atoms with Crippen LogP contribution in [0.4, 0.5) is 0 Å². The second-order valence-electron chi connectivity index (χ2n) is 6.11. The van der Waals surface area contributed by atoms with E-state index in [2.05, 4.69) is 70.4 Å².